The van der Waals surface area contributed by atoms with Crippen molar-refractivity contribution in [2.75, 3.05) is 0 Å². The van der Waals surface area contributed by atoms with Gasteiger partial charge in [0, 0.05) is 11.5 Å². The van der Waals surface area contributed by atoms with Crippen LogP contribution >= 0.6 is 11.6 Å². The standard InChI is InChI=1S/C11H10ClNO/c1-8(12)6-9-2-4-10(5-3-9)11(14)7-13/h2-5,11,14H,1,6H2. The van der Waals surface area contributed by atoms with Gasteiger partial charge in [0.1, 0.15) is 0 Å². The molecular weight excluding hydrogens is 198 g/mol. The van der Waals surface area contributed by atoms with Gasteiger partial charge >= 0.3 is 0 Å². The van der Waals surface area contributed by atoms with E-state index in [0.717, 1.165) is 5.56 Å². The van der Waals surface area contributed by atoms with Crippen LogP contribution in [0, 0.1) is 11.3 Å². The Hall–Kier alpha value is -1.30. The molecule has 1 aromatic carbocycles. The van der Waals surface area contributed by atoms with E-state index in [-0.39, 0.29) is 0 Å². The van der Waals surface area contributed by atoms with E-state index in [2.05, 4.69) is 6.58 Å². The second-order valence-corrected chi connectivity index (χ2v) is 3.50. The lowest BCUT2D eigenvalue weighted by Gasteiger charge is -2.03. The quantitative estimate of drug-likeness (QED) is 0.775. The van der Waals surface area contributed by atoms with Crippen LogP contribution in [0.3, 0.4) is 0 Å². The predicted molar refractivity (Wildman–Crippen MR) is 55.7 cm³/mol. The average Bonchev–Trinajstić information content (AvgIpc) is 2.17. The Bertz CT molecular complexity index is 364. The summed E-state index contributed by atoms with van der Waals surface area (Å²) in [6.45, 7) is 3.59. The SMILES string of the molecule is C=C(Cl)Cc1ccc(C(O)C#N)cc1. The number of hydrogen-bond donors (Lipinski definition) is 1. The number of hydrogen-bond acceptors (Lipinski definition) is 2. The molecule has 0 aliphatic rings. The Balaban J connectivity index is 2.79. The van der Waals surface area contributed by atoms with Crippen molar-refractivity contribution in [3.8, 4) is 6.07 Å². The summed E-state index contributed by atoms with van der Waals surface area (Å²) in [6, 6.07) is 8.82. The van der Waals surface area contributed by atoms with Gasteiger partial charge in [0.2, 0.25) is 0 Å². The zero-order chi connectivity index (χ0) is 10.6. The van der Waals surface area contributed by atoms with Crippen molar-refractivity contribution in [3.05, 3.63) is 47.0 Å². The molecule has 14 heavy (non-hydrogen) atoms. The highest BCUT2D eigenvalue weighted by molar-refractivity contribution is 6.29. The van der Waals surface area contributed by atoms with Crippen LogP contribution in [-0.2, 0) is 6.42 Å². The lowest BCUT2D eigenvalue weighted by Crippen LogP contribution is -1.93. The highest BCUT2D eigenvalue weighted by atomic mass is 35.5. The van der Waals surface area contributed by atoms with Gasteiger partial charge < -0.3 is 5.11 Å². The zero-order valence-electron chi connectivity index (χ0n) is 7.57. The summed E-state index contributed by atoms with van der Waals surface area (Å²) >= 11 is 5.65. The maximum Gasteiger partial charge on any atom is 0.165 e. The van der Waals surface area contributed by atoms with E-state index in [1.165, 1.54) is 0 Å². The monoisotopic (exact) mass is 207 g/mol. The van der Waals surface area contributed by atoms with Crippen LogP contribution in [-0.4, -0.2) is 5.11 Å². The van der Waals surface area contributed by atoms with E-state index in [9.17, 15) is 5.11 Å². The van der Waals surface area contributed by atoms with Gasteiger partial charge in [-0.1, -0.05) is 42.4 Å². The molecule has 0 fully saturated rings. The number of rotatable bonds is 3. The zero-order valence-corrected chi connectivity index (χ0v) is 8.33. The molecule has 0 bridgehead atoms. The molecule has 0 spiro atoms. The molecule has 0 saturated carbocycles. The van der Waals surface area contributed by atoms with Crippen molar-refractivity contribution in [2.24, 2.45) is 0 Å². The number of nitrogens with zero attached hydrogens (tertiary/aromatic N) is 1. The Labute approximate surface area is 88.1 Å². The second kappa shape index (κ2) is 4.80. The normalized spacial score (nSPS) is 11.8. The second-order valence-electron chi connectivity index (χ2n) is 2.97. The minimum atomic E-state index is -1.05. The van der Waals surface area contributed by atoms with Gasteiger partial charge in [-0.05, 0) is 11.1 Å². The lowest BCUT2D eigenvalue weighted by molar-refractivity contribution is 0.236. The lowest BCUT2D eigenvalue weighted by atomic mass is 10.1. The number of aliphatic hydroxyl groups is 1. The van der Waals surface area contributed by atoms with Crippen LogP contribution in [0.25, 0.3) is 0 Å². The smallest absolute Gasteiger partial charge is 0.165 e. The van der Waals surface area contributed by atoms with E-state index in [4.69, 9.17) is 16.9 Å². The van der Waals surface area contributed by atoms with Crippen LogP contribution in [0.1, 0.15) is 17.2 Å². The van der Waals surface area contributed by atoms with Crippen molar-refractivity contribution in [3.63, 3.8) is 0 Å². The third kappa shape index (κ3) is 2.88. The number of halogens is 1. The van der Waals surface area contributed by atoms with Crippen LogP contribution in [0.5, 0.6) is 0 Å². The van der Waals surface area contributed by atoms with Gasteiger partial charge in [0.05, 0.1) is 6.07 Å². The van der Waals surface area contributed by atoms with Crippen molar-refractivity contribution in [2.45, 2.75) is 12.5 Å². The third-order valence-corrected chi connectivity index (χ3v) is 1.95. The Morgan fingerprint density at radius 3 is 2.50 bits per heavy atom. The Kier molecular flexibility index (Phi) is 3.70. The Morgan fingerprint density at radius 2 is 2.07 bits per heavy atom. The summed E-state index contributed by atoms with van der Waals surface area (Å²) in [5.74, 6) is 0. The predicted octanol–water partition coefficient (Wildman–Crippen LogP) is 2.54. The van der Waals surface area contributed by atoms with Gasteiger partial charge in [-0.25, -0.2) is 0 Å². The molecule has 0 heterocycles. The summed E-state index contributed by atoms with van der Waals surface area (Å²) in [5.41, 5.74) is 1.61. The largest absolute Gasteiger partial charge is 0.374 e. The molecule has 0 amide bonds. The number of allylic oxidation sites excluding steroid dienone is 1. The molecule has 0 radical (unpaired) electrons. The Morgan fingerprint density at radius 1 is 1.50 bits per heavy atom. The number of benzene rings is 1. The fraction of sp³-hybridized carbons (Fsp3) is 0.182. The maximum absolute atomic E-state index is 9.20. The molecule has 1 unspecified atom stereocenters. The summed E-state index contributed by atoms with van der Waals surface area (Å²) in [6.07, 6.45) is -0.451. The topological polar surface area (TPSA) is 44.0 Å². The molecule has 2 nitrogen and oxygen atoms in total. The minimum absolute atomic E-state index is 0.568. The molecule has 0 aliphatic carbocycles. The van der Waals surface area contributed by atoms with Crippen molar-refractivity contribution in [1.29, 1.82) is 5.26 Å². The van der Waals surface area contributed by atoms with E-state index >= 15 is 0 Å². The van der Waals surface area contributed by atoms with E-state index < -0.39 is 6.10 Å². The fourth-order valence-electron chi connectivity index (χ4n) is 1.11. The van der Waals surface area contributed by atoms with Gasteiger partial charge in [0.15, 0.2) is 6.10 Å². The van der Waals surface area contributed by atoms with Crippen molar-refractivity contribution >= 4 is 11.6 Å². The molecule has 3 heteroatoms. The van der Waals surface area contributed by atoms with Crippen molar-refractivity contribution < 1.29 is 5.11 Å². The fourth-order valence-corrected chi connectivity index (χ4v) is 1.27. The van der Waals surface area contributed by atoms with E-state index in [1.54, 1.807) is 18.2 Å². The van der Waals surface area contributed by atoms with E-state index in [0.29, 0.717) is 17.0 Å². The molecule has 1 N–H and O–H groups in total. The van der Waals surface area contributed by atoms with Crippen LogP contribution in [0.15, 0.2) is 35.9 Å². The van der Waals surface area contributed by atoms with E-state index in [1.807, 2.05) is 12.1 Å². The molecule has 72 valence electrons. The highest BCUT2D eigenvalue weighted by Crippen LogP contribution is 2.15. The highest BCUT2D eigenvalue weighted by Gasteiger charge is 2.04. The first-order valence-corrected chi connectivity index (χ1v) is 4.51. The summed E-state index contributed by atoms with van der Waals surface area (Å²) in [4.78, 5) is 0. The van der Waals surface area contributed by atoms with Gasteiger partial charge in [-0.2, -0.15) is 5.26 Å². The molecule has 0 aromatic heterocycles. The molecule has 0 saturated heterocycles. The van der Waals surface area contributed by atoms with Gasteiger partial charge in [-0.15, -0.1) is 0 Å². The summed E-state index contributed by atoms with van der Waals surface area (Å²) in [5, 5.41) is 18.2. The first kappa shape index (κ1) is 10.8. The minimum Gasteiger partial charge on any atom is -0.374 e. The summed E-state index contributed by atoms with van der Waals surface area (Å²) < 4.78 is 0. The molecular formula is C11H10ClNO. The summed E-state index contributed by atoms with van der Waals surface area (Å²) in [7, 11) is 0. The van der Waals surface area contributed by atoms with Crippen molar-refractivity contribution in [1.82, 2.24) is 0 Å². The number of nitriles is 1. The van der Waals surface area contributed by atoms with Gasteiger partial charge in [0.25, 0.3) is 0 Å². The van der Waals surface area contributed by atoms with Crippen LogP contribution in [0.2, 0.25) is 0 Å². The maximum atomic E-state index is 9.20. The first-order valence-electron chi connectivity index (χ1n) is 4.13. The first-order chi connectivity index (χ1) is 6.63. The van der Waals surface area contributed by atoms with Gasteiger partial charge in [-0.3, -0.25) is 0 Å². The average molecular weight is 208 g/mol. The van der Waals surface area contributed by atoms with Crippen LogP contribution < -0.4 is 0 Å². The third-order valence-electron chi connectivity index (χ3n) is 1.81. The number of aliphatic hydroxyl groups excluding tert-OH is 1. The molecule has 0 aliphatic heterocycles. The van der Waals surface area contributed by atoms with Crippen LogP contribution in [0.4, 0.5) is 0 Å². The molecule has 1 aromatic rings. The molecule has 1 rings (SSSR count). The molecule has 1 atom stereocenters.